The predicted molar refractivity (Wildman–Crippen MR) is 81.0 cm³/mol. The summed E-state index contributed by atoms with van der Waals surface area (Å²) in [6, 6.07) is 7.54. The van der Waals surface area contributed by atoms with Gasteiger partial charge < -0.3 is 10.2 Å². The third kappa shape index (κ3) is 2.29. The summed E-state index contributed by atoms with van der Waals surface area (Å²) in [6.07, 6.45) is 1.55. The minimum Gasteiger partial charge on any atom is -0.343 e. The van der Waals surface area contributed by atoms with Gasteiger partial charge in [-0.2, -0.15) is 0 Å². The molecule has 1 unspecified atom stereocenters. The van der Waals surface area contributed by atoms with Crippen molar-refractivity contribution >= 4 is 38.9 Å². The van der Waals surface area contributed by atoms with E-state index in [4.69, 9.17) is 0 Å². The van der Waals surface area contributed by atoms with Gasteiger partial charge >= 0.3 is 0 Å². The summed E-state index contributed by atoms with van der Waals surface area (Å²) < 4.78 is 1.19. The average molecular weight is 288 g/mol. The van der Waals surface area contributed by atoms with Crippen molar-refractivity contribution in [1.29, 1.82) is 0 Å². The van der Waals surface area contributed by atoms with Gasteiger partial charge in [-0.1, -0.05) is 13.3 Å². The van der Waals surface area contributed by atoms with Gasteiger partial charge in [-0.05, 0) is 41.5 Å². The fraction of sp³-hybridized carbons (Fsp3) is 0.333. The second kappa shape index (κ2) is 5.25. The summed E-state index contributed by atoms with van der Waals surface area (Å²) in [5, 5.41) is 5.91. The predicted octanol–water partition coefficient (Wildman–Crippen LogP) is 2.53. The lowest BCUT2D eigenvalue weighted by atomic mass is 10.1. The molecule has 0 spiro atoms. The maximum absolute atomic E-state index is 12.4. The number of piperazine rings is 1. The number of rotatable bonds is 3. The molecule has 2 heterocycles. The highest BCUT2D eigenvalue weighted by Gasteiger charge is 2.32. The summed E-state index contributed by atoms with van der Waals surface area (Å²) >= 11 is 1.67. The number of hydrogen-bond donors (Lipinski definition) is 1. The lowest BCUT2D eigenvalue weighted by Crippen LogP contribution is -2.58. The smallest absolute Gasteiger partial charge is 0.250 e. The van der Waals surface area contributed by atoms with E-state index in [1.165, 1.54) is 4.70 Å². The minimum atomic E-state index is -0.389. The van der Waals surface area contributed by atoms with Crippen LogP contribution in [0.2, 0.25) is 0 Å². The molecule has 5 heteroatoms. The molecule has 1 fully saturated rings. The van der Waals surface area contributed by atoms with Crippen molar-refractivity contribution in [2.75, 3.05) is 11.4 Å². The van der Waals surface area contributed by atoms with Crippen LogP contribution >= 0.6 is 11.3 Å². The molecule has 1 saturated heterocycles. The van der Waals surface area contributed by atoms with Crippen LogP contribution in [0.25, 0.3) is 10.1 Å². The molecule has 20 heavy (non-hydrogen) atoms. The average Bonchev–Trinajstić information content (AvgIpc) is 2.90. The quantitative estimate of drug-likeness (QED) is 0.943. The number of nitrogens with one attached hydrogen (secondary N) is 1. The first-order valence-electron chi connectivity index (χ1n) is 6.77. The highest BCUT2D eigenvalue weighted by atomic mass is 32.1. The Balaban J connectivity index is 1.94. The number of carbonyl (C=O) groups is 2. The number of benzene rings is 1. The largest absolute Gasteiger partial charge is 0.343 e. The summed E-state index contributed by atoms with van der Waals surface area (Å²) in [7, 11) is 0. The van der Waals surface area contributed by atoms with E-state index in [-0.39, 0.29) is 24.4 Å². The van der Waals surface area contributed by atoms with Crippen molar-refractivity contribution < 1.29 is 9.59 Å². The fourth-order valence-electron chi connectivity index (χ4n) is 2.54. The van der Waals surface area contributed by atoms with Gasteiger partial charge in [0, 0.05) is 10.4 Å². The van der Waals surface area contributed by atoms with Crippen molar-refractivity contribution in [3.63, 3.8) is 0 Å². The number of anilines is 1. The first-order valence-corrected chi connectivity index (χ1v) is 7.65. The lowest BCUT2D eigenvalue weighted by Gasteiger charge is -2.32. The lowest BCUT2D eigenvalue weighted by molar-refractivity contribution is -0.131. The van der Waals surface area contributed by atoms with Gasteiger partial charge in [0.2, 0.25) is 11.8 Å². The zero-order chi connectivity index (χ0) is 14.1. The topological polar surface area (TPSA) is 49.4 Å². The highest BCUT2D eigenvalue weighted by Crippen LogP contribution is 2.27. The van der Waals surface area contributed by atoms with E-state index in [1.807, 2.05) is 36.6 Å². The van der Waals surface area contributed by atoms with E-state index in [1.54, 1.807) is 16.2 Å². The Morgan fingerprint density at radius 1 is 1.35 bits per heavy atom. The molecule has 0 radical (unpaired) electrons. The molecule has 1 N–H and O–H groups in total. The molecule has 1 aromatic carbocycles. The van der Waals surface area contributed by atoms with Gasteiger partial charge in [0.1, 0.15) is 12.6 Å². The maximum Gasteiger partial charge on any atom is 0.250 e. The standard InChI is InChI=1S/C15H16N2O2S/c1-2-3-12-15(19)17(9-14(18)16-12)11-4-5-13-10(8-11)6-7-20-13/h4-8,12H,2-3,9H2,1H3,(H,16,18). The van der Waals surface area contributed by atoms with Crippen molar-refractivity contribution in [3.8, 4) is 0 Å². The Labute approximate surface area is 121 Å². The maximum atomic E-state index is 12.4. The van der Waals surface area contributed by atoms with E-state index in [2.05, 4.69) is 5.32 Å². The van der Waals surface area contributed by atoms with Crippen LogP contribution in [0.4, 0.5) is 5.69 Å². The minimum absolute atomic E-state index is 0.0129. The number of carbonyl (C=O) groups excluding carboxylic acids is 2. The van der Waals surface area contributed by atoms with Gasteiger partial charge in [0.25, 0.3) is 0 Å². The fourth-order valence-corrected chi connectivity index (χ4v) is 3.31. The molecule has 1 atom stereocenters. The first-order chi connectivity index (χ1) is 9.69. The molecule has 104 valence electrons. The van der Waals surface area contributed by atoms with E-state index in [0.29, 0.717) is 6.42 Å². The molecule has 0 aliphatic carbocycles. The molecule has 1 aliphatic rings. The van der Waals surface area contributed by atoms with Gasteiger partial charge in [-0.15, -0.1) is 11.3 Å². The SMILES string of the molecule is CCCC1NC(=O)CN(c2ccc3sccc3c2)C1=O. The second-order valence-electron chi connectivity index (χ2n) is 4.98. The molecule has 3 rings (SSSR count). The van der Waals surface area contributed by atoms with E-state index < -0.39 is 0 Å². The highest BCUT2D eigenvalue weighted by molar-refractivity contribution is 7.17. The normalized spacial score (nSPS) is 19.4. The summed E-state index contributed by atoms with van der Waals surface area (Å²) in [5.74, 6) is -0.102. The zero-order valence-electron chi connectivity index (χ0n) is 11.3. The molecule has 0 bridgehead atoms. The second-order valence-corrected chi connectivity index (χ2v) is 5.92. The Bertz CT molecular complexity index is 665. The Hall–Kier alpha value is -1.88. The molecule has 4 nitrogen and oxygen atoms in total. The number of thiophene rings is 1. The monoisotopic (exact) mass is 288 g/mol. The van der Waals surface area contributed by atoms with Crippen molar-refractivity contribution in [2.45, 2.75) is 25.8 Å². The Morgan fingerprint density at radius 3 is 3.00 bits per heavy atom. The third-order valence-corrected chi connectivity index (χ3v) is 4.42. The van der Waals surface area contributed by atoms with Crippen LogP contribution in [-0.2, 0) is 9.59 Å². The molecule has 1 aliphatic heterocycles. The Morgan fingerprint density at radius 2 is 2.20 bits per heavy atom. The number of amides is 2. The van der Waals surface area contributed by atoms with E-state index in [9.17, 15) is 9.59 Å². The molecule has 2 amide bonds. The van der Waals surface area contributed by atoms with Crippen molar-refractivity contribution in [2.24, 2.45) is 0 Å². The zero-order valence-corrected chi connectivity index (χ0v) is 12.1. The van der Waals surface area contributed by atoms with Gasteiger partial charge in [-0.25, -0.2) is 0 Å². The summed E-state index contributed by atoms with van der Waals surface area (Å²) in [4.78, 5) is 25.8. The first kappa shape index (κ1) is 13.1. The van der Waals surface area contributed by atoms with Crippen LogP contribution in [0.5, 0.6) is 0 Å². The molecular formula is C15H16N2O2S. The van der Waals surface area contributed by atoms with Gasteiger partial charge in [0.15, 0.2) is 0 Å². The van der Waals surface area contributed by atoms with Crippen molar-refractivity contribution in [1.82, 2.24) is 5.32 Å². The number of nitrogens with zero attached hydrogens (tertiary/aromatic N) is 1. The molecular weight excluding hydrogens is 272 g/mol. The summed E-state index contributed by atoms with van der Waals surface area (Å²) in [5.41, 5.74) is 0.803. The van der Waals surface area contributed by atoms with Crippen LogP contribution in [0, 0.1) is 0 Å². The van der Waals surface area contributed by atoms with Gasteiger partial charge in [0.05, 0.1) is 0 Å². The van der Waals surface area contributed by atoms with Crippen LogP contribution in [0.15, 0.2) is 29.6 Å². The van der Waals surface area contributed by atoms with E-state index >= 15 is 0 Å². The van der Waals surface area contributed by atoms with Crippen LogP contribution < -0.4 is 10.2 Å². The van der Waals surface area contributed by atoms with Gasteiger partial charge in [-0.3, -0.25) is 9.59 Å². The number of hydrogen-bond acceptors (Lipinski definition) is 3. The third-order valence-electron chi connectivity index (χ3n) is 3.53. The molecule has 2 aromatic rings. The van der Waals surface area contributed by atoms with Crippen molar-refractivity contribution in [3.05, 3.63) is 29.6 Å². The number of fused-ring (bicyclic) bond motifs is 1. The molecule has 0 saturated carbocycles. The van der Waals surface area contributed by atoms with Crippen LogP contribution in [0.3, 0.4) is 0 Å². The van der Waals surface area contributed by atoms with Crippen LogP contribution in [0.1, 0.15) is 19.8 Å². The van der Waals surface area contributed by atoms with E-state index in [0.717, 1.165) is 17.5 Å². The summed E-state index contributed by atoms with van der Waals surface area (Å²) in [6.45, 7) is 2.12. The van der Waals surface area contributed by atoms with Crippen LogP contribution in [-0.4, -0.2) is 24.4 Å². The Kier molecular flexibility index (Phi) is 3.44. The molecule has 1 aromatic heterocycles.